The van der Waals surface area contributed by atoms with Crippen LogP contribution in [0.1, 0.15) is 36.7 Å². The number of hydrogen-bond donors (Lipinski definition) is 1. The van der Waals surface area contributed by atoms with Crippen LogP contribution in [0.3, 0.4) is 0 Å². The van der Waals surface area contributed by atoms with E-state index >= 15 is 0 Å². The van der Waals surface area contributed by atoms with Crippen molar-refractivity contribution in [1.29, 1.82) is 0 Å². The number of rotatable bonds is 2. The van der Waals surface area contributed by atoms with Crippen LogP contribution < -0.4 is 5.32 Å². The van der Waals surface area contributed by atoms with Crippen molar-refractivity contribution >= 4 is 5.91 Å². The number of piperidine rings is 1. The van der Waals surface area contributed by atoms with Crippen LogP contribution in [0.25, 0.3) is 5.69 Å². The van der Waals surface area contributed by atoms with Gasteiger partial charge in [-0.15, -0.1) is 5.10 Å². The van der Waals surface area contributed by atoms with E-state index in [2.05, 4.69) is 22.4 Å². The van der Waals surface area contributed by atoms with Crippen molar-refractivity contribution in [3.05, 3.63) is 42.0 Å². The highest BCUT2D eigenvalue weighted by molar-refractivity contribution is 5.92. The van der Waals surface area contributed by atoms with Gasteiger partial charge in [0.15, 0.2) is 5.69 Å². The third-order valence-corrected chi connectivity index (χ3v) is 5.46. The number of hydrogen-bond acceptors (Lipinski definition) is 4. The van der Waals surface area contributed by atoms with Gasteiger partial charge in [0.1, 0.15) is 5.82 Å². The summed E-state index contributed by atoms with van der Waals surface area (Å²) in [6.07, 6.45) is 4.77. The fraction of sp³-hybridized carbons (Fsp3) is 0.500. The van der Waals surface area contributed by atoms with Crippen molar-refractivity contribution in [3.63, 3.8) is 0 Å². The van der Waals surface area contributed by atoms with E-state index in [1.807, 2.05) is 4.90 Å². The Bertz CT molecular complexity index is 766. The molecule has 4 rings (SSSR count). The normalized spacial score (nSPS) is 22.5. The number of benzene rings is 1. The van der Waals surface area contributed by atoms with Gasteiger partial charge in [0.05, 0.1) is 11.9 Å². The standard InChI is InChI=1S/C18H22FN5O/c1-13-10-18(6-8-20-9-7-18)12-23(13)17(25)16-11-21-24(22-16)15-4-2-14(19)3-5-15/h2-5,11,13,20H,6-10,12H2,1H3. The molecule has 132 valence electrons. The second kappa shape index (κ2) is 6.22. The zero-order chi connectivity index (χ0) is 17.4. The monoisotopic (exact) mass is 343 g/mol. The zero-order valence-electron chi connectivity index (χ0n) is 14.3. The van der Waals surface area contributed by atoms with Crippen LogP contribution in [-0.2, 0) is 0 Å². The quantitative estimate of drug-likeness (QED) is 0.906. The van der Waals surface area contributed by atoms with Gasteiger partial charge in [-0.25, -0.2) is 4.39 Å². The van der Waals surface area contributed by atoms with Gasteiger partial charge in [0, 0.05) is 12.6 Å². The van der Waals surface area contributed by atoms with Crippen LogP contribution in [0.4, 0.5) is 4.39 Å². The minimum atomic E-state index is -0.314. The average molecular weight is 343 g/mol. The predicted molar refractivity (Wildman–Crippen MR) is 91.0 cm³/mol. The van der Waals surface area contributed by atoms with Gasteiger partial charge in [-0.05, 0) is 69.0 Å². The molecule has 3 heterocycles. The molecule has 2 aliphatic rings. The molecule has 2 aliphatic heterocycles. The summed E-state index contributed by atoms with van der Waals surface area (Å²) >= 11 is 0. The van der Waals surface area contributed by atoms with Gasteiger partial charge >= 0.3 is 0 Å². The van der Waals surface area contributed by atoms with Gasteiger partial charge in [0.2, 0.25) is 0 Å². The molecule has 1 aromatic carbocycles. The van der Waals surface area contributed by atoms with Crippen molar-refractivity contribution in [2.45, 2.75) is 32.2 Å². The summed E-state index contributed by atoms with van der Waals surface area (Å²) in [6, 6.07) is 6.09. The summed E-state index contributed by atoms with van der Waals surface area (Å²) in [5.41, 5.74) is 1.21. The molecule has 1 spiro atoms. The molecule has 7 heteroatoms. The van der Waals surface area contributed by atoms with E-state index in [0.29, 0.717) is 11.4 Å². The van der Waals surface area contributed by atoms with Gasteiger partial charge in [0.25, 0.3) is 5.91 Å². The summed E-state index contributed by atoms with van der Waals surface area (Å²) < 4.78 is 13.0. The SMILES string of the molecule is CC1CC2(CCNCC2)CN1C(=O)c1cnn(-c2ccc(F)cc2)n1. The molecular formula is C18H22FN5O. The molecule has 1 aromatic heterocycles. The Morgan fingerprint density at radius 3 is 2.72 bits per heavy atom. The van der Waals surface area contributed by atoms with E-state index in [1.54, 1.807) is 12.1 Å². The first-order valence-corrected chi connectivity index (χ1v) is 8.76. The lowest BCUT2D eigenvalue weighted by molar-refractivity contribution is 0.0717. The number of amides is 1. The molecule has 0 saturated carbocycles. The first kappa shape index (κ1) is 16.2. The first-order valence-electron chi connectivity index (χ1n) is 8.76. The smallest absolute Gasteiger partial charge is 0.276 e. The Labute approximate surface area is 146 Å². The minimum absolute atomic E-state index is 0.0729. The lowest BCUT2D eigenvalue weighted by Crippen LogP contribution is -2.40. The highest BCUT2D eigenvalue weighted by Gasteiger charge is 2.44. The Hall–Kier alpha value is -2.28. The highest BCUT2D eigenvalue weighted by atomic mass is 19.1. The Morgan fingerprint density at radius 1 is 1.28 bits per heavy atom. The first-order chi connectivity index (χ1) is 12.1. The second-order valence-corrected chi connectivity index (χ2v) is 7.23. The molecule has 1 N–H and O–H groups in total. The van der Waals surface area contributed by atoms with Crippen LogP contribution in [0.15, 0.2) is 30.5 Å². The van der Waals surface area contributed by atoms with Crippen molar-refractivity contribution in [2.75, 3.05) is 19.6 Å². The number of likely N-dealkylation sites (tertiary alicyclic amines) is 1. The molecule has 0 radical (unpaired) electrons. The van der Waals surface area contributed by atoms with E-state index in [-0.39, 0.29) is 23.2 Å². The molecule has 2 aromatic rings. The second-order valence-electron chi connectivity index (χ2n) is 7.23. The number of carbonyl (C=O) groups is 1. The number of carbonyl (C=O) groups excluding carboxylic acids is 1. The van der Waals surface area contributed by atoms with Crippen molar-refractivity contribution in [3.8, 4) is 5.69 Å². The van der Waals surface area contributed by atoms with Crippen LogP contribution in [0, 0.1) is 11.2 Å². The van der Waals surface area contributed by atoms with Gasteiger partial charge < -0.3 is 10.2 Å². The largest absolute Gasteiger partial charge is 0.334 e. The minimum Gasteiger partial charge on any atom is -0.334 e. The topological polar surface area (TPSA) is 63.1 Å². The van der Waals surface area contributed by atoms with Crippen LogP contribution in [0.2, 0.25) is 0 Å². The van der Waals surface area contributed by atoms with Crippen molar-refractivity contribution in [2.24, 2.45) is 5.41 Å². The number of nitrogens with one attached hydrogen (secondary N) is 1. The summed E-state index contributed by atoms with van der Waals surface area (Å²) in [5.74, 6) is -0.387. The van der Waals surface area contributed by atoms with Gasteiger partial charge in [-0.2, -0.15) is 9.90 Å². The Kier molecular flexibility index (Phi) is 4.03. The molecule has 0 bridgehead atoms. The molecule has 2 fully saturated rings. The van der Waals surface area contributed by atoms with Gasteiger partial charge in [-0.1, -0.05) is 0 Å². The van der Waals surface area contributed by atoms with E-state index in [0.717, 1.165) is 38.9 Å². The third-order valence-electron chi connectivity index (χ3n) is 5.46. The maximum absolute atomic E-state index is 13.0. The summed E-state index contributed by atoms with van der Waals surface area (Å²) in [6.45, 7) is 4.95. The molecule has 1 unspecified atom stereocenters. The van der Waals surface area contributed by atoms with Crippen LogP contribution in [-0.4, -0.2) is 51.5 Å². The molecular weight excluding hydrogens is 321 g/mol. The number of nitrogens with zero attached hydrogens (tertiary/aromatic N) is 4. The number of halogens is 1. The Morgan fingerprint density at radius 2 is 2.00 bits per heavy atom. The van der Waals surface area contributed by atoms with E-state index in [9.17, 15) is 9.18 Å². The molecule has 1 atom stereocenters. The zero-order valence-corrected chi connectivity index (χ0v) is 14.3. The molecule has 6 nitrogen and oxygen atoms in total. The average Bonchev–Trinajstić information content (AvgIpc) is 3.21. The summed E-state index contributed by atoms with van der Waals surface area (Å²) in [5, 5.41) is 11.9. The molecule has 2 saturated heterocycles. The fourth-order valence-corrected chi connectivity index (χ4v) is 4.12. The van der Waals surface area contributed by atoms with Crippen LogP contribution in [0.5, 0.6) is 0 Å². The van der Waals surface area contributed by atoms with Gasteiger partial charge in [-0.3, -0.25) is 4.79 Å². The van der Waals surface area contributed by atoms with E-state index in [4.69, 9.17) is 0 Å². The maximum atomic E-state index is 13.0. The van der Waals surface area contributed by atoms with Crippen LogP contribution >= 0.6 is 0 Å². The Balaban J connectivity index is 1.52. The third kappa shape index (κ3) is 3.04. The lowest BCUT2D eigenvalue weighted by Gasteiger charge is -2.33. The van der Waals surface area contributed by atoms with Crippen molar-refractivity contribution in [1.82, 2.24) is 25.2 Å². The van der Waals surface area contributed by atoms with E-state index < -0.39 is 0 Å². The summed E-state index contributed by atoms with van der Waals surface area (Å²) in [4.78, 5) is 16.2. The van der Waals surface area contributed by atoms with E-state index in [1.165, 1.54) is 23.1 Å². The highest BCUT2D eigenvalue weighted by Crippen LogP contribution is 2.42. The number of aromatic nitrogens is 3. The molecule has 0 aliphatic carbocycles. The molecule has 1 amide bonds. The maximum Gasteiger partial charge on any atom is 0.276 e. The predicted octanol–water partition coefficient (Wildman–Crippen LogP) is 2.01. The fourth-order valence-electron chi connectivity index (χ4n) is 4.12. The summed E-state index contributed by atoms with van der Waals surface area (Å²) in [7, 11) is 0. The molecule has 25 heavy (non-hydrogen) atoms. The van der Waals surface area contributed by atoms with Crippen molar-refractivity contribution < 1.29 is 9.18 Å². The lowest BCUT2D eigenvalue weighted by atomic mass is 9.77.